The van der Waals surface area contributed by atoms with Crippen LogP contribution in [0.2, 0.25) is 0 Å². The van der Waals surface area contributed by atoms with Crippen LogP contribution in [0, 0.1) is 11.8 Å². The Bertz CT molecular complexity index is 575. The Labute approximate surface area is 143 Å². The average Bonchev–Trinajstić information content (AvgIpc) is 3.02. The average molecular weight is 330 g/mol. The summed E-state index contributed by atoms with van der Waals surface area (Å²) in [6.07, 6.45) is 2.45. The number of amides is 2. The summed E-state index contributed by atoms with van der Waals surface area (Å²) in [5.74, 6) is 0.374. The molecule has 0 spiro atoms. The van der Waals surface area contributed by atoms with E-state index in [1.165, 1.54) is 0 Å². The highest BCUT2D eigenvalue weighted by atomic mass is 16.5. The molecule has 0 radical (unpaired) electrons. The number of hydrogen-bond donors (Lipinski definition) is 0. The molecule has 5 nitrogen and oxygen atoms in total. The van der Waals surface area contributed by atoms with E-state index in [2.05, 4.69) is 0 Å². The summed E-state index contributed by atoms with van der Waals surface area (Å²) in [6, 6.07) is 9.61. The Kier molecular flexibility index (Phi) is 5.51. The molecular weight excluding hydrogens is 304 g/mol. The zero-order chi connectivity index (χ0) is 16.9. The van der Waals surface area contributed by atoms with Crippen molar-refractivity contribution in [1.29, 1.82) is 0 Å². The van der Waals surface area contributed by atoms with E-state index in [0.717, 1.165) is 38.2 Å². The van der Waals surface area contributed by atoms with E-state index in [1.807, 2.05) is 42.2 Å². The second-order valence-electron chi connectivity index (χ2n) is 6.69. The molecule has 0 aliphatic carbocycles. The highest BCUT2D eigenvalue weighted by Crippen LogP contribution is 2.27. The van der Waals surface area contributed by atoms with Gasteiger partial charge in [0, 0.05) is 38.3 Å². The van der Waals surface area contributed by atoms with Gasteiger partial charge in [0.15, 0.2) is 0 Å². The maximum atomic E-state index is 12.8. The predicted molar refractivity (Wildman–Crippen MR) is 92.7 cm³/mol. The first-order valence-corrected chi connectivity index (χ1v) is 8.91. The Balaban J connectivity index is 1.60. The second-order valence-corrected chi connectivity index (χ2v) is 6.69. The molecule has 2 unspecified atom stereocenters. The number of ether oxygens (including phenoxy) is 1. The molecule has 2 saturated heterocycles. The minimum absolute atomic E-state index is 0.0439. The third kappa shape index (κ3) is 3.78. The number of carbonyl (C=O) groups excluding carboxylic acids is 2. The van der Waals surface area contributed by atoms with Crippen LogP contribution in [0.15, 0.2) is 30.3 Å². The van der Waals surface area contributed by atoms with Crippen LogP contribution in [-0.2, 0) is 14.3 Å². The Morgan fingerprint density at radius 3 is 2.79 bits per heavy atom. The van der Waals surface area contributed by atoms with Gasteiger partial charge in [0.05, 0.1) is 12.5 Å². The van der Waals surface area contributed by atoms with E-state index in [0.29, 0.717) is 25.5 Å². The number of para-hydroxylation sites is 1. The van der Waals surface area contributed by atoms with Crippen LogP contribution in [0.4, 0.5) is 5.69 Å². The van der Waals surface area contributed by atoms with E-state index >= 15 is 0 Å². The lowest BCUT2D eigenvalue weighted by Crippen LogP contribution is -2.44. The van der Waals surface area contributed by atoms with Crippen molar-refractivity contribution in [2.75, 3.05) is 37.7 Å². The quantitative estimate of drug-likeness (QED) is 0.832. The highest BCUT2D eigenvalue weighted by Gasteiger charge is 2.38. The Morgan fingerprint density at radius 1 is 1.25 bits per heavy atom. The molecule has 24 heavy (non-hydrogen) atoms. The number of rotatable bonds is 5. The lowest BCUT2D eigenvalue weighted by molar-refractivity contribution is -0.138. The van der Waals surface area contributed by atoms with E-state index in [4.69, 9.17) is 4.74 Å². The summed E-state index contributed by atoms with van der Waals surface area (Å²) >= 11 is 0. The molecule has 2 aliphatic rings. The molecule has 2 aliphatic heterocycles. The van der Waals surface area contributed by atoms with Crippen molar-refractivity contribution in [2.24, 2.45) is 11.8 Å². The van der Waals surface area contributed by atoms with Gasteiger partial charge in [-0.15, -0.1) is 0 Å². The van der Waals surface area contributed by atoms with Gasteiger partial charge in [0.25, 0.3) is 0 Å². The molecule has 2 atom stereocenters. The molecule has 2 heterocycles. The van der Waals surface area contributed by atoms with E-state index in [1.54, 1.807) is 4.90 Å². The molecule has 0 saturated carbocycles. The fourth-order valence-electron chi connectivity index (χ4n) is 3.67. The summed E-state index contributed by atoms with van der Waals surface area (Å²) in [5, 5.41) is 0. The minimum Gasteiger partial charge on any atom is -0.381 e. The van der Waals surface area contributed by atoms with E-state index < -0.39 is 0 Å². The summed E-state index contributed by atoms with van der Waals surface area (Å²) in [4.78, 5) is 28.8. The van der Waals surface area contributed by atoms with Crippen molar-refractivity contribution in [1.82, 2.24) is 4.90 Å². The van der Waals surface area contributed by atoms with Gasteiger partial charge in [0.2, 0.25) is 11.8 Å². The topological polar surface area (TPSA) is 49.9 Å². The summed E-state index contributed by atoms with van der Waals surface area (Å²) < 4.78 is 5.52. The first kappa shape index (κ1) is 17.0. The highest BCUT2D eigenvalue weighted by molar-refractivity contribution is 6.00. The third-order valence-electron chi connectivity index (χ3n) is 4.93. The number of hydrogen-bond acceptors (Lipinski definition) is 3. The van der Waals surface area contributed by atoms with Crippen LogP contribution in [0.5, 0.6) is 0 Å². The molecular formula is C19H26N2O3. The summed E-state index contributed by atoms with van der Waals surface area (Å²) in [7, 11) is 0. The van der Waals surface area contributed by atoms with Crippen LogP contribution in [0.1, 0.15) is 26.2 Å². The third-order valence-corrected chi connectivity index (χ3v) is 4.93. The van der Waals surface area contributed by atoms with Gasteiger partial charge in [0.1, 0.15) is 0 Å². The number of likely N-dealkylation sites (tertiary alicyclic amines) is 1. The van der Waals surface area contributed by atoms with Crippen molar-refractivity contribution in [2.45, 2.75) is 26.2 Å². The van der Waals surface area contributed by atoms with Gasteiger partial charge >= 0.3 is 0 Å². The molecule has 2 amide bonds. The lowest BCUT2D eigenvalue weighted by atomic mass is 9.97. The first-order valence-electron chi connectivity index (χ1n) is 8.91. The standard InChI is InChI=1S/C19H26N2O3/c1-2-24-14-15-7-6-10-20(12-15)19(23)16-11-18(22)21(13-16)17-8-4-3-5-9-17/h3-5,8-9,15-16H,2,6-7,10-14H2,1H3. The van der Waals surface area contributed by atoms with E-state index in [9.17, 15) is 9.59 Å². The number of nitrogens with zero attached hydrogens (tertiary/aromatic N) is 2. The predicted octanol–water partition coefficient (Wildman–Crippen LogP) is 2.31. The van der Waals surface area contributed by atoms with Crippen molar-refractivity contribution in [3.8, 4) is 0 Å². The second kappa shape index (κ2) is 7.79. The zero-order valence-corrected chi connectivity index (χ0v) is 14.3. The Morgan fingerprint density at radius 2 is 2.04 bits per heavy atom. The van der Waals surface area contributed by atoms with Crippen LogP contribution < -0.4 is 4.90 Å². The van der Waals surface area contributed by atoms with Gasteiger partial charge < -0.3 is 14.5 Å². The molecule has 0 N–H and O–H groups in total. The Hall–Kier alpha value is -1.88. The fraction of sp³-hybridized carbons (Fsp3) is 0.579. The number of benzene rings is 1. The summed E-state index contributed by atoms with van der Waals surface area (Å²) in [5.41, 5.74) is 0.880. The molecule has 5 heteroatoms. The molecule has 1 aromatic rings. The van der Waals surface area contributed by atoms with Crippen LogP contribution in [-0.4, -0.2) is 49.6 Å². The van der Waals surface area contributed by atoms with E-state index in [-0.39, 0.29) is 17.7 Å². The van der Waals surface area contributed by atoms with Crippen LogP contribution in [0.3, 0.4) is 0 Å². The number of piperidine rings is 1. The lowest BCUT2D eigenvalue weighted by Gasteiger charge is -2.34. The largest absolute Gasteiger partial charge is 0.381 e. The smallest absolute Gasteiger partial charge is 0.228 e. The summed E-state index contributed by atoms with van der Waals surface area (Å²) in [6.45, 7) is 5.49. The molecule has 3 rings (SSSR count). The maximum absolute atomic E-state index is 12.8. The minimum atomic E-state index is -0.219. The van der Waals surface area contributed by atoms with Crippen molar-refractivity contribution < 1.29 is 14.3 Å². The molecule has 130 valence electrons. The monoisotopic (exact) mass is 330 g/mol. The molecule has 2 fully saturated rings. The number of carbonyl (C=O) groups is 2. The van der Waals surface area contributed by atoms with Crippen molar-refractivity contribution in [3.63, 3.8) is 0 Å². The molecule has 0 bridgehead atoms. The molecule has 1 aromatic carbocycles. The number of anilines is 1. The van der Waals surface area contributed by atoms with Gasteiger partial charge in [-0.1, -0.05) is 18.2 Å². The first-order chi connectivity index (χ1) is 11.7. The fourth-order valence-corrected chi connectivity index (χ4v) is 3.67. The van der Waals surface area contributed by atoms with Crippen LogP contribution in [0.25, 0.3) is 0 Å². The SMILES string of the molecule is CCOCC1CCCN(C(=O)C2CC(=O)N(c3ccccc3)C2)C1. The molecule has 0 aromatic heterocycles. The van der Waals surface area contributed by atoms with Crippen molar-refractivity contribution >= 4 is 17.5 Å². The van der Waals surface area contributed by atoms with Crippen LogP contribution >= 0.6 is 0 Å². The van der Waals surface area contributed by atoms with Gasteiger partial charge in [-0.25, -0.2) is 0 Å². The maximum Gasteiger partial charge on any atom is 0.228 e. The zero-order valence-electron chi connectivity index (χ0n) is 14.3. The normalized spacial score (nSPS) is 24.5. The van der Waals surface area contributed by atoms with Gasteiger partial charge in [-0.2, -0.15) is 0 Å². The van der Waals surface area contributed by atoms with Crippen molar-refractivity contribution in [3.05, 3.63) is 30.3 Å². The van der Waals surface area contributed by atoms with Gasteiger partial charge in [-0.3, -0.25) is 9.59 Å². The van der Waals surface area contributed by atoms with Gasteiger partial charge in [-0.05, 0) is 37.8 Å².